The summed E-state index contributed by atoms with van der Waals surface area (Å²) in [5.74, 6) is 1.94. The number of urea groups is 1. The molecule has 0 unspecified atom stereocenters. The van der Waals surface area contributed by atoms with Gasteiger partial charge in [-0.15, -0.1) is 0 Å². The second kappa shape index (κ2) is 7.72. The zero-order chi connectivity index (χ0) is 17.9. The molecule has 2 amide bonds. The van der Waals surface area contributed by atoms with Gasteiger partial charge in [-0.1, -0.05) is 20.3 Å². The number of methoxy groups -OCH3 is 1. The summed E-state index contributed by atoms with van der Waals surface area (Å²) in [7, 11) is 1.73. The fourth-order valence-electron chi connectivity index (χ4n) is 4.35. The summed E-state index contributed by atoms with van der Waals surface area (Å²) in [6, 6.07) is 0.168. The molecule has 2 aliphatic heterocycles. The van der Waals surface area contributed by atoms with Gasteiger partial charge >= 0.3 is 6.03 Å². The van der Waals surface area contributed by atoms with Crippen LogP contribution in [0.15, 0.2) is 0 Å². The molecule has 3 rings (SSSR count). The Morgan fingerprint density at radius 2 is 2.28 bits per heavy atom. The molecular formula is C18H31N5O2. The topological polar surface area (TPSA) is 72.3 Å². The lowest BCUT2D eigenvalue weighted by molar-refractivity contribution is 0.0489. The number of nitrogens with one attached hydrogen (secondary N) is 1. The number of carbonyl (C=O) groups is 1. The van der Waals surface area contributed by atoms with Gasteiger partial charge in [0.2, 0.25) is 0 Å². The van der Waals surface area contributed by atoms with Crippen LogP contribution in [0.25, 0.3) is 0 Å². The highest BCUT2D eigenvalue weighted by Crippen LogP contribution is 2.34. The van der Waals surface area contributed by atoms with Crippen LogP contribution < -0.4 is 5.32 Å². The smallest absolute Gasteiger partial charge is 0.318 e. The lowest BCUT2D eigenvalue weighted by Crippen LogP contribution is -2.56. The van der Waals surface area contributed by atoms with Gasteiger partial charge in [0.1, 0.15) is 5.82 Å². The quantitative estimate of drug-likeness (QED) is 0.854. The SMILES string of the molecule is CCC[C@]1(COC)CCCN1C(=O)N[C@H]1CCc2nc(CC)nn2C1. The molecule has 0 aliphatic carbocycles. The fraction of sp³-hybridized carbons (Fsp3) is 0.833. The van der Waals surface area contributed by atoms with Gasteiger partial charge in [-0.3, -0.25) is 0 Å². The lowest BCUT2D eigenvalue weighted by atomic mass is 9.91. The summed E-state index contributed by atoms with van der Waals surface area (Å²) in [4.78, 5) is 19.5. The predicted molar refractivity (Wildman–Crippen MR) is 95.5 cm³/mol. The van der Waals surface area contributed by atoms with E-state index < -0.39 is 0 Å². The molecule has 1 aromatic rings. The highest BCUT2D eigenvalue weighted by Gasteiger charge is 2.43. The van der Waals surface area contributed by atoms with Gasteiger partial charge in [-0.25, -0.2) is 14.5 Å². The molecule has 1 aromatic heterocycles. The minimum absolute atomic E-state index is 0.0484. The van der Waals surface area contributed by atoms with Crippen molar-refractivity contribution in [2.24, 2.45) is 0 Å². The van der Waals surface area contributed by atoms with Gasteiger partial charge < -0.3 is 15.0 Å². The van der Waals surface area contributed by atoms with E-state index in [1.54, 1.807) is 7.11 Å². The number of hydrogen-bond acceptors (Lipinski definition) is 4. The van der Waals surface area contributed by atoms with E-state index in [0.29, 0.717) is 13.2 Å². The highest BCUT2D eigenvalue weighted by molar-refractivity contribution is 5.76. The first kappa shape index (κ1) is 18.2. The molecule has 0 radical (unpaired) electrons. The van der Waals surface area contributed by atoms with Crippen molar-refractivity contribution < 1.29 is 9.53 Å². The Morgan fingerprint density at radius 1 is 1.44 bits per heavy atom. The summed E-state index contributed by atoms with van der Waals surface area (Å²) >= 11 is 0. The maximum atomic E-state index is 13.0. The number of nitrogens with zero attached hydrogens (tertiary/aromatic N) is 4. The Morgan fingerprint density at radius 3 is 3.00 bits per heavy atom. The van der Waals surface area contributed by atoms with Crippen molar-refractivity contribution in [3.63, 3.8) is 0 Å². The molecule has 3 heterocycles. The average molecular weight is 349 g/mol. The molecule has 7 heteroatoms. The summed E-state index contributed by atoms with van der Waals surface area (Å²) in [5.41, 5.74) is -0.143. The van der Waals surface area contributed by atoms with E-state index in [1.165, 1.54) is 0 Å². The van der Waals surface area contributed by atoms with Crippen molar-refractivity contribution in [1.82, 2.24) is 25.0 Å². The van der Waals surface area contributed by atoms with E-state index in [-0.39, 0.29) is 17.6 Å². The van der Waals surface area contributed by atoms with E-state index in [0.717, 1.165) is 63.1 Å². The van der Waals surface area contributed by atoms with Crippen LogP contribution in [0.3, 0.4) is 0 Å². The molecule has 1 fully saturated rings. The molecule has 0 spiro atoms. The van der Waals surface area contributed by atoms with Crippen LogP contribution in [0.2, 0.25) is 0 Å². The van der Waals surface area contributed by atoms with Crippen molar-refractivity contribution in [1.29, 1.82) is 0 Å². The predicted octanol–water partition coefficient (Wildman–Crippen LogP) is 2.15. The summed E-state index contributed by atoms with van der Waals surface area (Å²) in [6.45, 7) is 6.39. The number of ether oxygens (including phenoxy) is 1. The van der Waals surface area contributed by atoms with Crippen molar-refractivity contribution >= 4 is 6.03 Å². The van der Waals surface area contributed by atoms with Crippen molar-refractivity contribution in [3.05, 3.63) is 11.6 Å². The summed E-state index contributed by atoms with van der Waals surface area (Å²) in [6.07, 6.45) is 6.77. The van der Waals surface area contributed by atoms with Crippen molar-refractivity contribution in [2.75, 3.05) is 20.3 Å². The van der Waals surface area contributed by atoms with E-state index in [1.807, 2.05) is 9.58 Å². The summed E-state index contributed by atoms with van der Waals surface area (Å²) < 4.78 is 7.43. The van der Waals surface area contributed by atoms with Crippen molar-refractivity contribution in [2.45, 2.75) is 76.9 Å². The molecule has 140 valence electrons. The third kappa shape index (κ3) is 3.66. The molecule has 7 nitrogen and oxygen atoms in total. The van der Waals surface area contributed by atoms with Gasteiger partial charge in [0.05, 0.1) is 24.7 Å². The third-order valence-electron chi connectivity index (χ3n) is 5.52. The molecule has 2 aliphatic rings. The molecule has 1 N–H and O–H groups in total. The second-order valence-corrected chi connectivity index (χ2v) is 7.33. The molecule has 0 aromatic carbocycles. The molecule has 0 bridgehead atoms. The maximum absolute atomic E-state index is 13.0. The number of rotatable bonds is 6. The Labute approximate surface area is 150 Å². The monoisotopic (exact) mass is 349 g/mol. The third-order valence-corrected chi connectivity index (χ3v) is 5.52. The minimum Gasteiger partial charge on any atom is -0.382 e. The minimum atomic E-state index is -0.143. The van der Waals surface area contributed by atoms with Crippen LogP contribution in [-0.4, -0.2) is 57.5 Å². The van der Waals surface area contributed by atoms with Crippen molar-refractivity contribution in [3.8, 4) is 0 Å². The van der Waals surface area contributed by atoms with Gasteiger partial charge in [0, 0.05) is 26.5 Å². The number of carbonyl (C=O) groups excluding carboxylic acids is 1. The molecule has 1 saturated heterocycles. The Balaban J connectivity index is 1.65. The van der Waals surface area contributed by atoms with Crippen LogP contribution in [0, 0.1) is 0 Å². The first-order valence-electron chi connectivity index (χ1n) is 9.61. The molecule has 2 atom stereocenters. The maximum Gasteiger partial charge on any atom is 0.318 e. The molecule has 25 heavy (non-hydrogen) atoms. The van der Waals surface area contributed by atoms with Gasteiger partial charge in [0.15, 0.2) is 5.82 Å². The molecular weight excluding hydrogens is 318 g/mol. The second-order valence-electron chi connectivity index (χ2n) is 7.33. The van der Waals surface area contributed by atoms with Crippen LogP contribution in [0.4, 0.5) is 4.79 Å². The average Bonchev–Trinajstić information content (AvgIpc) is 3.19. The number of fused-ring (bicyclic) bond motifs is 1. The fourth-order valence-corrected chi connectivity index (χ4v) is 4.35. The van der Waals surface area contributed by atoms with E-state index in [9.17, 15) is 4.79 Å². The Bertz CT molecular complexity index is 594. The number of likely N-dealkylation sites (tertiary alicyclic amines) is 1. The first-order chi connectivity index (χ1) is 12.1. The van der Waals surface area contributed by atoms with E-state index in [2.05, 4.69) is 29.2 Å². The van der Waals surface area contributed by atoms with E-state index in [4.69, 9.17) is 4.74 Å². The normalized spacial score (nSPS) is 25.9. The Hall–Kier alpha value is -1.63. The van der Waals surface area contributed by atoms with Gasteiger partial charge in [0.25, 0.3) is 0 Å². The standard InChI is InChI=1S/C18H31N5O2/c1-4-9-18(13-25-3)10-6-11-22(18)17(24)19-14-7-8-16-20-15(5-2)21-23(16)12-14/h14H,4-13H2,1-3H3,(H,19,24)/t14-,18+/m0/s1. The largest absolute Gasteiger partial charge is 0.382 e. The molecule has 0 saturated carbocycles. The number of amides is 2. The number of hydrogen-bond donors (Lipinski definition) is 1. The van der Waals surface area contributed by atoms with Crippen LogP contribution in [-0.2, 0) is 24.1 Å². The zero-order valence-electron chi connectivity index (χ0n) is 15.8. The first-order valence-corrected chi connectivity index (χ1v) is 9.61. The van der Waals surface area contributed by atoms with Crippen LogP contribution in [0.1, 0.15) is 57.6 Å². The lowest BCUT2D eigenvalue weighted by Gasteiger charge is -2.39. The number of aryl methyl sites for hydroxylation is 2. The van der Waals surface area contributed by atoms with Gasteiger partial charge in [-0.05, 0) is 25.7 Å². The summed E-state index contributed by atoms with van der Waals surface area (Å²) in [5, 5.41) is 7.78. The van der Waals surface area contributed by atoms with E-state index >= 15 is 0 Å². The highest BCUT2D eigenvalue weighted by atomic mass is 16.5. The van der Waals surface area contributed by atoms with Crippen LogP contribution >= 0.6 is 0 Å². The van der Waals surface area contributed by atoms with Gasteiger partial charge in [-0.2, -0.15) is 5.10 Å². The zero-order valence-corrected chi connectivity index (χ0v) is 15.8. The number of aromatic nitrogens is 3. The Kier molecular flexibility index (Phi) is 5.61. The van der Waals surface area contributed by atoms with Crippen LogP contribution in [0.5, 0.6) is 0 Å².